The number of fused-ring (bicyclic) bond motifs is 1. The number of benzene rings is 1. The van der Waals surface area contributed by atoms with Crippen molar-refractivity contribution < 1.29 is 4.90 Å². The fraction of sp³-hybridized carbons (Fsp3) is 0.400. The predicted molar refractivity (Wildman–Crippen MR) is 75.2 cm³/mol. The zero-order valence-corrected chi connectivity index (χ0v) is 11.6. The van der Waals surface area contributed by atoms with Gasteiger partial charge in [-0.2, -0.15) is 0 Å². The lowest BCUT2D eigenvalue weighted by Gasteiger charge is -2.12. The van der Waals surface area contributed by atoms with Gasteiger partial charge in [-0.15, -0.1) is 0 Å². The van der Waals surface area contributed by atoms with Crippen molar-refractivity contribution in [2.24, 2.45) is 0 Å². The van der Waals surface area contributed by atoms with Crippen LogP contribution in [0.4, 0.5) is 0 Å². The summed E-state index contributed by atoms with van der Waals surface area (Å²) in [5.74, 6) is 0. The van der Waals surface area contributed by atoms with Crippen LogP contribution in [-0.4, -0.2) is 19.1 Å². The van der Waals surface area contributed by atoms with E-state index in [1.807, 2.05) is 19.1 Å². The van der Waals surface area contributed by atoms with Crippen molar-refractivity contribution in [2.45, 2.75) is 26.8 Å². The van der Waals surface area contributed by atoms with E-state index in [9.17, 15) is 4.79 Å². The first-order valence-electron chi connectivity index (χ1n) is 6.47. The number of hydrogen-bond acceptors (Lipinski definition) is 1. The van der Waals surface area contributed by atoms with Crippen LogP contribution >= 0.6 is 0 Å². The largest absolute Gasteiger partial charge is 0.358 e. The fourth-order valence-electron chi connectivity index (χ4n) is 2.39. The molecule has 0 aliphatic carbocycles. The average Bonchev–Trinajstić information content (AvgIpc) is 2.33. The zero-order chi connectivity index (χ0) is 13.3. The molecule has 96 valence electrons. The van der Waals surface area contributed by atoms with E-state index in [-0.39, 0.29) is 5.43 Å². The normalized spacial score (nSPS) is 11.4. The minimum atomic E-state index is 0.178. The highest BCUT2D eigenvalue weighted by Gasteiger charge is 2.13. The van der Waals surface area contributed by atoms with E-state index < -0.39 is 0 Å². The third-order valence-corrected chi connectivity index (χ3v) is 3.35. The lowest BCUT2D eigenvalue weighted by Crippen LogP contribution is -3.04. The van der Waals surface area contributed by atoms with Crippen LogP contribution in [0.3, 0.4) is 0 Å². The summed E-state index contributed by atoms with van der Waals surface area (Å²) in [6.07, 6.45) is 0.936. The summed E-state index contributed by atoms with van der Waals surface area (Å²) in [5, 5.41) is 0.816. The van der Waals surface area contributed by atoms with Gasteiger partial charge in [0.2, 0.25) is 0 Å². The zero-order valence-electron chi connectivity index (χ0n) is 11.6. The van der Waals surface area contributed by atoms with Crippen LogP contribution in [0.1, 0.15) is 23.7 Å². The molecule has 0 bridgehead atoms. The highest BCUT2D eigenvalue weighted by atomic mass is 16.1. The monoisotopic (exact) mass is 245 g/mol. The van der Waals surface area contributed by atoms with Gasteiger partial charge >= 0.3 is 0 Å². The van der Waals surface area contributed by atoms with E-state index in [1.165, 1.54) is 10.5 Å². The summed E-state index contributed by atoms with van der Waals surface area (Å²) in [4.78, 5) is 17.2. The van der Waals surface area contributed by atoms with Crippen LogP contribution in [0.5, 0.6) is 0 Å². The number of aryl methyl sites for hydroxylation is 2. The molecule has 0 amide bonds. The molecule has 1 aromatic heterocycles. The molecule has 0 saturated carbocycles. The van der Waals surface area contributed by atoms with Gasteiger partial charge in [0, 0.05) is 11.1 Å². The maximum atomic E-state index is 12.5. The minimum Gasteiger partial charge on any atom is -0.358 e. The summed E-state index contributed by atoms with van der Waals surface area (Å²) in [6.45, 7) is 4.86. The lowest BCUT2D eigenvalue weighted by molar-refractivity contribution is -0.872. The molecule has 2 rings (SSSR count). The average molecular weight is 245 g/mol. The van der Waals surface area contributed by atoms with Gasteiger partial charge in [-0.3, -0.25) is 4.79 Å². The minimum absolute atomic E-state index is 0.178. The van der Waals surface area contributed by atoms with Crippen LogP contribution in [0, 0.1) is 6.92 Å². The maximum absolute atomic E-state index is 12.5. The number of pyridine rings is 1. The van der Waals surface area contributed by atoms with Crippen molar-refractivity contribution in [1.29, 1.82) is 0 Å². The van der Waals surface area contributed by atoms with E-state index in [0.717, 1.165) is 35.1 Å². The molecule has 0 spiro atoms. The molecule has 2 N–H and O–H groups in total. The molecule has 3 heteroatoms. The van der Waals surface area contributed by atoms with Crippen molar-refractivity contribution in [3.05, 3.63) is 45.2 Å². The van der Waals surface area contributed by atoms with Gasteiger partial charge in [0.25, 0.3) is 0 Å². The standard InChI is InChI=1S/C15H20N2O/c1-5-11-7-6-8-12-14(11)16-10(2)13(15(12)18)9-17(3)4/h6-8H,5,9H2,1-4H3,(H,16,18)/p+1. The SMILES string of the molecule is CCc1cccc2c(=O)c(C[NH+](C)C)c(C)[nH]c12. The molecule has 0 radical (unpaired) electrons. The summed E-state index contributed by atoms with van der Waals surface area (Å²) in [6, 6.07) is 5.97. The Labute approximate surface area is 107 Å². The second-order valence-corrected chi connectivity index (χ2v) is 5.13. The number of nitrogens with one attached hydrogen (secondary N) is 2. The van der Waals surface area contributed by atoms with Gasteiger partial charge in [-0.25, -0.2) is 0 Å². The number of quaternary nitrogens is 1. The molecule has 0 aliphatic heterocycles. The van der Waals surface area contributed by atoms with Crippen LogP contribution in [-0.2, 0) is 13.0 Å². The Bertz CT molecular complexity index is 626. The van der Waals surface area contributed by atoms with E-state index in [1.54, 1.807) is 0 Å². The van der Waals surface area contributed by atoms with Crippen molar-refractivity contribution in [3.8, 4) is 0 Å². The van der Waals surface area contributed by atoms with Crippen LogP contribution in [0.2, 0.25) is 0 Å². The smallest absolute Gasteiger partial charge is 0.198 e. The van der Waals surface area contributed by atoms with Gasteiger partial charge in [0.05, 0.1) is 25.2 Å². The number of aromatic nitrogens is 1. The molecule has 3 nitrogen and oxygen atoms in total. The van der Waals surface area contributed by atoms with Crippen molar-refractivity contribution in [2.75, 3.05) is 14.1 Å². The number of rotatable bonds is 3. The second-order valence-electron chi connectivity index (χ2n) is 5.13. The first-order chi connectivity index (χ1) is 8.54. The predicted octanol–water partition coefficient (Wildman–Crippen LogP) is 1.04. The molecule has 0 fully saturated rings. The fourth-order valence-corrected chi connectivity index (χ4v) is 2.39. The quantitative estimate of drug-likeness (QED) is 0.833. The summed E-state index contributed by atoms with van der Waals surface area (Å²) >= 11 is 0. The van der Waals surface area contributed by atoms with Crippen LogP contribution in [0.25, 0.3) is 10.9 Å². The van der Waals surface area contributed by atoms with Gasteiger partial charge in [-0.05, 0) is 25.0 Å². The van der Waals surface area contributed by atoms with Crippen molar-refractivity contribution in [3.63, 3.8) is 0 Å². The second kappa shape index (κ2) is 4.94. The van der Waals surface area contributed by atoms with Crippen molar-refractivity contribution in [1.82, 2.24) is 4.98 Å². The van der Waals surface area contributed by atoms with Gasteiger partial charge in [-0.1, -0.05) is 19.1 Å². The van der Waals surface area contributed by atoms with Gasteiger partial charge in [0.1, 0.15) is 6.54 Å². The van der Waals surface area contributed by atoms with E-state index in [2.05, 4.69) is 32.1 Å². The highest BCUT2D eigenvalue weighted by Crippen LogP contribution is 2.16. The Morgan fingerprint density at radius 2 is 2.00 bits per heavy atom. The molecule has 1 heterocycles. The number of hydrogen-bond donors (Lipinski definition) is 2. The Morgan fingerprint density at radius 3 is 2.61 bits per heavy atom. The molecular weight excluding hydrogens is 224 g/mol. The third-order valence-electron chi connectivity index (χ3n) is 3.35. The number of H-pyrrole nitrogens is 1. The molecule has 2 aromatic rings. The Hall–Kier alpha value is -1.61. The first kappa shape index (κ1) is 12.8. The van der Waals surface area contributed by atoms with E-state index in [4.69, 9.17) is 0 Å². The first-order valence-corrected chi connectivity index (χ1v) is 6.47. The summed E-state index contributed by atoms with van der Waals surface area (Å²) < 4.78 is 0. The Balaban J connectivity index is 2.75. The molecule has 1 aromatic carbocycles. The molecule has 0 unspecified atom stereocenters. The van der Waals surface area contributed by atoms with Gasteiger partial charge < -0.3 is 9.88 Å². The third kappa shape index (κ3) is 2.18. The molecule has 0 saturated heterocycles. The molecule has 0 atom stereocenters. The summed E-state index contributed by atoms with van der Waals surface area (Å²) in [7, 11) is 4.12. The lowest BCUT2D eigenvalue weighted by atomic mass is 10.0. The molecular formula is C15H21N2O+. The summed E-state index contributed by atoms with van der Waals surface area (Å²) in [5.41, 5.74) is 4.28. The van der Waals surface area contributed by atoms with Crippen LogP contribution in [0.15, 0.2) is 23.0 Å². The molecule has 18 heavy (non-hydrogen) atoms. The van der Waals surface area contributed by atoms with Crippen LogP contribution < -0.4 is 10.3 Å². The van der Waals surface area contributed by atoms with E-state index >= 15 is 0 Å². The molecule has 0 aliphatic rings. The number of para-hydroxylation sites is 1. The topological polar surface area (TPSA) is 37.3 Å². The van der Waals surface area contributed by atoms with E-state index in [0.29, 0.717) is 0 Å². The Kier molecular flexibility index (Phi) is 3.53. The number of aromatic amines is 1. The highest BCUT2D eigenvalue weighted by molar-refractivity contribution is 5.82. The maximum Gasteiger partial charge on any atom is 0.198 e. The Morgan fingerprint density at radius 1 is 1.28 bits per heavy atom. The van der Waals surface area contributed by atoms with Crippen molar-refractivity contribution >= 4 is 10.9 Å². The van der Waals surface area contributed by atoms with Gasteiger partial charge in [0.15, 0.2) is 5.43 Å².